The zero-order chi connectivity index (χ0) is 17.4. The maximum atomic E-state index is 12.4. The van der Waals surface area contributed by atoms with E-state index in [0.29, 0.717) is 18.8 Å². The minimum absolute atomic E-state index is 0.208. The lowest BCUT2D eigenvalue weighted by atomic mass is 10.2. The monoisotopic (exact) mass is 354 g/mol. The fourth-order valence-corrected chi connectivity index (χ4v) is 2.80. The van der Waals surface area contributed by atoms with E-state index in [2.05, 4.69) is 16.8 Å². The van der Waals surface area contributed by atoms with E-state index in [1.54, 1.807) is 22.5 Å². The molecule has 1 amide bonds. The van der Waals surface area contributed by atoms with Crippen LogP contribution in [-0.2, 0) is 20.8 Å². The van der Waals surface area contributed by atoms with Gasteiger partial charge < -0.3 is 24.4 Å². The molecule has 0 bridgehead atoms. The molecular formula is C17H26N2O4S. The summed E-state index contributed by atoms with van der Waals surface area (Å²) in [6, 6.07) is 4.15. The van der Waals surface area contributed by atoms with Crippen LogP contribution in [0.5, 0.6) is 0 Å². The van der Waals surface area contributed by atoms with Crippen LogP contribution < -0.4 is 5.32 Å². The summed E-state index contributed by atoms with van der Waals surface area (Å²) in [7, 11) is 0. The van der Waals surface area contributed by atoms with Crippen LogP contribution in [0.3, 0.4) is 0 Å². The summed E-state index contributed by atoms with van der Waals surface area (Å²) in [5.41, 5.74) is -0.520. The maximum Gasteiger partial charge on any atom is 0.410 e. The van der Waals surface area contributed by atoms with Crippen LogP contribution in [-0.4, -0.2) is 43.0 Å². The number of rotatable bonds is 8. The van der Waals surface area contributed by atoms with Gasteiger partial charge in [0, 0.05) is 18.0 Å². The Labute approximate surface area is 147 Å². The topological polar surface area (TPSA) is 60.0 Å². The molecule has 2 rings (SSSR count). The third kappa shape index (κ3) is 6.80. The van der Waals surface area contributed by atoms with Crippen molar-refractivity contribution in [3.05, 3.63) is 34.4 Å². The van der Waals surface area contributed by atoms with Gasteiger partial charge in [0.15, 0.2) is 5.76 Å². The van der Waals surface area contributed by atoms with E-state index in [1.165, 1.54) is 4.88 Å². The molecule has 2 heterocycles. The predicted molar refractivity (Wildman–Crippen MR) is 93.6 cm³/mol. The summed E-state index contributed by atoms with van der Waals surface area (Å²) in [5, 5.41) is 5.45. The average Bonchev–Trinajstić information content (AvgIpc) is 3.17. The van der Waals surface area contributed by atoms with Gasteiger partial charge in [-0.1, -0.05) is 6.07 Å². The summed E-state index contributed by atoms with van der Waals surface area (Å²) in [4.78, 5) is 15.3. The van der Waals surface area contributed by atoms with Crippen molar-refractivity contribution in [3.63, 3.8) is 0 Å². The molecule has 1 aromatic heterocycles. The highest BCUT2D eigenvalue weighted by molar-refractivity contribution is 7.09. The second-order valence-corrected chi connectivity index (χ2v) is 7.56. The normalized spacial score (nSPS) is 13.9. The predicted octanol–water partition coefficient (Wildman–Crippen LogP) is 3.31. The number of hydrogen-bond acceptors (Lipinski definition) is 6. The molecule has 7 heteroatoms. The van der Waals surface area contributed by atoms with E-state index in [-0.39, 0.29) is 12.9 Å². The number of nitrogens with one attached hydrogen (secondary N) is 1. The van der Waals surface area contributed by atoms with Gasteiger partial charge in [0.05, 0.1) is 6.54 Å². The second-order valence-electron chi connectivity index (χ2n) is 6.52. The standard InChI is InChI=1S/C17H26N2O4S/c1-17(2,3)23-16(20)19(11-14-12-21-13-22-14)8-5-7-18-10-15-6-4-9-24-15/h4,6,9,12,18H,5,7-8,10-11,13H2,1-3H3. The molecule has 1 aliphatic rings. The first-order valence-corrected chi connectivity index (χ1v) is 8.96. The molecule has 0 atom stereocenters. The van der Waals surface area contributed by atoms with Crippen molar-refractivity contribution >= 4 is 17.4 Å². The van der Waals surface area contributed by atoms with E-state index < -0.39 is 5.60 Å². The Kier molecular flexibility index (Phi) is 6.93. The van der Waals surface area contributed by atoms with Gasteiger partial charge in [-0.25, -0.2) is 4.79 Å². The average molecular weight is 354 g/mol. The number of ether oxygens (including phenoxy) is 3. The van der Waals surface area contributed by atoms with Crippen molar-refractivity contribution in [2.45, 2.75) is 39.3 Å². The Morgan fingerprint density at radius 1 is 1.46 bits per heavy atom. The zero-order valence-electron chi connectivity index (χ0n) is 14.5. The fourth-order valence-electron chi connectivity index (χ4n) is 2.12. The highest BCUT2D eigenvalue weighted by Gasteiger charge is 2.24. The van der Waals surface area contributed by atoms with E-state index in [1.807, 2.05) is 26.8 Å². The lowest BCUT2D eigenvalue weighted by Crippen LogP contribution is -2.39. The SMILES string of the molecule is CC(C)(C)OC(=O)N(CCCNCc1cccs1)CC1=COCO1. The Morgan fingerprint density at radius 2 is 2.29 bits per heavy atom. The number of carbonyl (C=O) groups is 1. The molecule has 0 saturated carbocycles. The first kappa shape index (κ1) is 18.6. The lowest BCUT2D eigenvalue weighted by molar-refractivity contribution is 0.0212. The minimum atomic E-state index is -0.520. The van der Waals surface area contributed by atoms with Crippen LogP contribution in [0.15, 0.2) is 29.5 Å². The number of carbonyl (C=O) groups excluding carboxylic acids is 1. The Morgan fingerprint density at radius 3 is 2.92 bits per heavy atom. The maximum absolute atomic E-state index is 12.4. The number of amides is 1. The van der Waals surface area contributed by atoms with Crippen molar-refractivity contribution in [2.75, 3.05) is 26.4 Å². The van der Waals surface area contributed by atoms with Crippen molar-refractivity contribution in [3.8, 4) is 0 Å². The Bertz CT molecular complexity index is 537. The Balaban J connectivity index is 1.77. The summed E-state index contributed by atoms with van der Waals surface area (Å²) in [6.07, 6.45) is 2.04. The van der Waals surface area contributed by atoms with Gasteiger partial charge in [0.2, 0.25) is 6.79 Å². The van der Waals surface area contributed by atoms with Crippen LogP contribution in [0.1, 0.15) is 32.1 Å². The van der Waals surface area contributed by atoms with Crippen molar-refractivity contribution in [2.24, 2.45) is 0 Å². The first-order chi connectivity index (χ1) is 11.4. The molecule has 134 valence electrons. The molecule has 1 aliphatic heterocycles. The summed E-state index contributed by atoms with van der Waals surface area (Å²) in [6.45, 7) is 8.42. The van der Waals surface area contributed by atoms with Gasteiger partial charge in [-0.05, 0) is 45.2 Å². The summed E-state index contributed by atoms with van der Waals surface area (Å²) >= 11 is 1.73. The van der Waals surface area contributed by atoms with E-state index >= 15 is 0 Å². The molecule has 1 aromatic rings. The summed E-state index contributed by atoms with van der Waals surface area (Å²) < 4.78 is 15.8. The Hall–Kier alpha value is -1.73. The van der Waals surface area contributed by atoms with Gasteiger partial charge >= 0.3 is 6.09 Å². The zero-order valence-corrected chi connectivity index (χ0v) is 15.4. The highest BCUT2D eigenvalue weighted by Crippen LogP contribution is 2.14. The van der Waals surface area contributed by atoms with Gasteiger partial charge in [-0.3, -0.25) is 0 Å². The van der Waals surface area contributed by atoms with E-state index in [4.69, 9.17) is 14.2 Å². The van der Waals surface area contributed by atoms with Crippen molar-refractivity contribution < 1.29 is 19.0 Å². The van der Waals surface area contributed by atoms with E-state index in [0.717, 1.165) is 19.5 Å². The third-order valence-electron chi connectivity index (χ3n) is 3.19. The van der Waals surface area contributed by atoms with Gasteiger partial charge in [-0.15, -0.1) is 11.3 Å². The molecule has 0 fully saturated rings. The third-order valence-corrected chi connectivity index (χ3v) is 4.06. The number of nitrogens with zero attached hydrogens (tertiary/aromatic N) is 1. The molecule has 24 heavy (non-hydrogen) atoms. The van der Waals surface area contributed by atoms with Crippen molar-refractivity contribution in [1.29, 1.82) is 0 Å². The fraction of sp³-hybridized carbons (Fsp3) is 0.588. The minimum Gasteiger partial charge on any atom is -0.462 e. The van der Waals surface area contributed by atoms with Crippen LogP contribution in [0.2, 0.25) is 0 Å². The second kappa shape index (κ2) is 8.94. The molecule has 6 nitrogen and oxygen atoms in total. The molecule has 0 unspecified atom stereocenters. The van der Waals surface area contributed by atoms with Crippen LogP contribution in [0.25, 0.3) is 0 Å². The molecule has 0 radical (unpaired) electrons. The van der Waals surface area contributed by atoms with Gasteiger partial charge in [0.1, 0.15) is 11.9 Å². The molecule has 0 saturated heterocycles. The van der Waals surface area contributed by atoms with Crippen LogP contribution in [0.4, 0.5) is 4.79 Å². The first-order valence-electron chi connectivity index (χ1n) is 8.08. The van der Waals surface area contributed by atoms with E-state index in [9.17, 15) is 4.79 Å². The van der Waals surface area contributed by atoms with Crippen LogP contribution >= 0.6 is 11.3 Å². The molecule has 0 spiro atoms. The molecule has 0 aliphatic carbocycles. The lowest BCUT2D eigenvalue weighted by Gasteiger charge is -2.27. The smallest absolute Gasteiger partial charge is 0.410 e. The largest absolute Gasteiger partial charge is 0.462 e. The number of hydrogen-bond donors (Lipinski definition) is 1. The summed E-state index contributed by atoms with van der Waals surface area (Å²) in [5.74, 6) is 0.646. The van der Waals surface area contributed by atoms with Gasteiger partial charge in [0.25, 0.3) is 0 Å². The molecular weight excluding hydrogens is 328 g/mol. The molecule has 1 N–H and O–H groups in total. The molecule has 0 aromatic carbocycles. The number of thiophene rings is 1. The highest BCUT2D eigenvalue weighted by atomic mass is 32.1. The van der Waals surface area contributed by atoms with Crippen LogP contribution in [0, 0.1) is 0 Å². The quantitative estimate of drug-likeness (QED) is 0.726. The van der Waals surface area contributed by atoms with Crippen molar-refractivity contribution in [1.82, 2.24) is 10.2 Å². The van der Waals surface area contributed by atoms with Gasteiger partial charge in [-0.2, -0.15) is 0 Å².